The number of ether oxygens (including phenoxy) is 2. The monoisotopic (exact) mass is 1430 g/mol. The Morgan fingerprint density at radius 2 is 0.736 bits per heavy atom. The Labute approximate surface area is 614 Å². The van der Waals surface area contributed by atoms with E-state index in [0.717, 1.165) is 81.3 Å². The molecule has 3 amide bonds. The van der Waals surface area contributed by atoms with Gasteiger partial charge in [-0.2, -0.15) is 0 Å². The van der Waals surface area contributed by atoms with Crippen LogP contribution in [0, 0.1) is 34.0 Å². The highest BCUT2D eigenvalue weighted by atomic mass is 16.5. The number of hydrogen-bond acceptors (Lipinski definition) is 15. The zero-order chi connectivity index (χ0) is 75.0. The molecule has 6 aromatic carbocycles. The third kappa shape index (κ3) is 19.2. The SMILES string of the molecule is C.CC(=N)c1cccc(CC(C(=O)O)C2CCCN2C(=O)c2ccc(-c3ccc(=O)[nH]c3)cc2)c1.COC(=O)C(Cc1cc(C(C)=N)ccc1O)[C@H]1CCCN1C(=O)c1ccc(-c2ccc(=O)[nH]c2)cc1.COC(=O)C(Cc1cccc(C(C)=N)c1)[C@H]1CCCN1C(=O)c1ccc(-c2ccc(=O)[nH]c2)cc1. The molecule has 4 unspecified atom stereocenters. The van der Waals surface area contributed by atoms with Crippen LogP contribution in [0.5, 0.6) is 5.75 Å². The normalized spacial score (nSPS) is 15.9. The summed E-state index contributed by atoms with van der Waals surface area (Å²) in [5.74, 6) is -3.99. The fourth-order valence-corrected chi connectivity index (χ4v) is 14.1. The average Bonchev–Trinajstić information content (AvgIpc) is 1.59. The lowest BCUT2D eigenvalue weighted by atomic mass is 9.89. The maximum atomic E-state index is 13.5. The molecule has 22 heteroatoms. The lowest BCUT2D eigenvalue weighted by molar-refractivity contribution is -0.148. The van der Waals surface area contributed by atoms with E-state index in [2.05, 4.69) is 15.0 Å². The number of H-pyrrole nitrogens is 3. The quantitative estimate of drug-likeness (QED) is 0.0245. The molecular formula is C84H89N9O13. The lowest BCUT2D eigenvalue weighted by Gasteiger charge is -2.30. The maximum Gasteiger partial charge on any atom is 0.311 e. The highest BCUT2D eigenvalue weighted by Crippen LogP contribution is 2.35. The summed E-state index contributed by atoms with van der Waals surface area (Å²) in [5.41, 5.74) is 12.0. The first-order chi connectivity index (χ1) is 50.5. The third-order valence-electron chi connectivity index (χ3n) is 19.7. The molecule has 0 bridgehead atoms. The fourth-order valence-electron chi connectivity index (χ4n) is 14.1. The van der Waals surface area contributed by atoms with Gasteiger partial charge in [0.2, 0.25) is 16.7 Å². The molecular weight excluding hydrogens is 1340 g/mol. The second-order valence-corrected chi connectivity index (χ2v) is 26.6. The van der Waals surface area contributed by atoms with Crippen LogP contribution >= 0.6 is 0 Å². The number of phenolic OH excluding ortho intramolecular Hbond substituents is 1. The van der Waals surface area contributed by atoms with Crippen molar-refractivity contribution in [1.29, 1.82) is 16.2 Å². The van der Waals surface area contributed by atoms with Crippen LogP contribution in [0.25, 0.3) is 33.4 Å². The van der Waals surface area contributed by atoms with E-state index in [4.69, 9.17) is 25.7 Å². The van der Waals surface area contributed by atoms with Crippen molar-refractivity contribution in [3.63, 3.8) is 0 Å². The maximum absolute atomic E-state index is 13.5. The van der Waals surface area contributed by atoms with Gasteiger partial charge in [-0.05, 0) is 230 Å². The number of carboxylic acids is 1. The molecule has 3 fully saturated rings. The molecule has 0 aliphatic carbocycles. The fraction of sp³-hybridized carbons (Fsp3) is 0.286. The zero-order valence-corrected chi connectivity index (χ0v) is 59.2. The number of phenols is 1. The van der Waals surface area contributed by atoms with Crippen molar-refractivity contribution in [1.82, 2.24) is 29.7 Å². The number of nitrogens with one attached hydrogen (secondary N) is 6. The summed E-state index contributed by atoms with van der Waals surface area (Å²) in [7, 11) is 2.70. The van der Waals surface area contributed by atoms with Gasteiger partial charge >= 0.3 is 17.9 Å². The Morgan fingerprint density at radius 3 is 1.06 bits per heavy atom. The molecule has 3 aromatic heterocycles. The number of amides is 3. The molecule has 3 saturated heterocycles. The van der Waals surface area contributed by atoms with E-state index in [1.54, 1.807) is 121 Å². The first-order valence-electron chi connectivity index (χ1n) is 34.8. The summed E-state index contributed by atoms with van der Waals surface area (Å²) < 4.78 is 10.2. The number of aromatic hydroxyl groups is 1. The summed E-state index contributed by atoms with van der Waals surface area (Å²) in [6.45, 7) is 6.72. The molecule has 22 nitrogen and oxygen atoms in total. The van der Waals surface area contributed by atoms with Crippen LogP contribution in [0.2, 0.25) is 0 Å². The second-order valence-electron chi connectivity index (χ2n) is 26.6. The van der Waals surface area contributed by atoms with Crippen LogP contribution in [-0.2, 0) is 43.1 Å². The van der Waals surface area contributed by atoms with Gasteiger partial charge in [0.15, 0.2) is 0 Å². The number of aliphatic carboxylic acids is 1. The Morgan fingerprint density at radius 1 is 0.425 bits per heavy atom. The Kier molecular flexibility index (Phi) is 26.3. The molecule has 3 aliphatic rings. The molecule has 9 aromatic rings. The number of rotatable bonds is 21. The minimum absolute atomic E-state index is 0. The van der Waals surface area contributed by atoms with Gasteiger partial charge in [0.25, 0.3) is 17.7 Å². The Balaban J connectivity index is 0.000000183. The van der Waals surface area contributed by atoms with Crippen molar-refractivity contribution < 1.29 is 48.5 Å². The number of aromatic amines is 3. The molecule has 106 heavy (non-hydrogen) atoms. The van der Waals surface area contributed by atoms with Gasteiger partial charge in [0.1, 0.15) is 5.75 Å². The van der Waals surface area contributed by atoms with E-state index in [0.29, 0.717) is 90.3 Å². The number of benzene rings is 6. The predicted octanol–water partition coefficient (Wildman–Crippen LogP) is 12.5. The third-order valence-corrected chi connectivity index (χ3v) is 19.7. The van der Waals surface area contributed by atoms with E-state index < -0.39 is 35.7 Å². The zero-order valence-electron chi connectivity index (χ0n) is 59.2. The number of methoxy groups -OCH3 is 2. The number of carbonyl (C=O) groups is 6. The molecule has 12 rings (SSSR count). The minimum atomic E-state index is -0.921. The van der Waals surface area contributed by atoms with Crippen LogP contribution in [-0.4, -0.2) is 145 Å². The highest BCUT2D eigenvalue weighted by molar-refractivity contribution is 5.99. The van der Waals surface area contributed by atoms with Crippen LogP contribution in [0.15, 0.2) is 209 Å². The predicted molar refractivity (Wildman–Crippen MR) is 408 cm³/mol. The van der Waals surface area contributed by atoms with E-state index in [1.807, 2.05) is 84.9 Å². The van der Waals surface area contributed by atoms with Crippen LogP contribution in [0.4, 0.5) is 0 Å². The lowest BCUT2D eigenvalue weighted by Crippen LogP contribution is -2.44. The molecule has 6 atom stereocenters. The molecule has 548 valence electrons. The number of likely N-dealkylation sites (tertiary alicyclic amines) is 3. The van der Waals surface area contributed by atoms with Crippen molar-refractivity contribution in [2.45, 2.75) is 104 Å². The van der Waals surface area contributed by atoms with Gasteiger partial charge in [0, 0.05) is 108 Å². The summed E-state index contributed by atoms with van der Waals surface area (Å²) >= 11 is 0. The Hall–Kier alpha value is -12.2. The van der Waals surface area contributed by atoms with Crippen molar-refractivity contribution >= 4 is 52.8 Å². The van der Waals surface area contributed by atoms with Crippen molar-refractivity contribution in [3.8, 4) is 39.1 Å². The number of esters is 2. The first kappa shape index (κ1) is 77.9. The molecule has 0 radical (unpaired) electrons. The number of carbonyl (C=O) groups excluding carboxylic acids is 5. The number of hydrogen-bond donors (Lipinski definition) is 8. The van der Waals surface area contributed by atoms with Crippen LogP contribution in [0.1, 0.15) is 131 Å². The van der Waals surface area contributed by atoms with Gasteiger partial charge < -0.3 is 65.6 Å². The molecule has 0 spiro atoms. The van der Waals surface area contributed by atoms with E-state index >= 15 is 0 Å². The number of aromatic nitrogens is 3. The van der Waals surface area contributed by atoms with Crippen molar-refractivity contribution in [3.05, 3.63) is 276 Å². The number of nitrogens with zero attached hydrogens (tertiary/aromatic N) is 3. The van der Waals surface area contributed by atoms with Gasteiger partial charge in [-0.25, -0.2) is 0 Å². The summed E-state index contributed by atoms with van der Waals surface area (Å²) in [5, 5.41) is 44.1. The Bertz CT molecular complexity index is 4830. The second kappa shape index (κ2) is 35.8. The van der Waals surface area contributed by atoms with Crippen LogP contribution < -0.4 is 16.7 Å². The van der Waals surface area contributed by atoms with Gasteiger partial charge in [-0.1, -0.05) is 80.2 Å². The van der Waals surface area contributed by atoms with Crippen LogP contribution in [0.3, 0.4) is 0 Å². The molecule has 6 heterocycles. The largest absolute Gasteiger partial charge is 0.508 e. The topological polar surface area (TPSA) is 341 Å². The molecule has 0 saturated carbocycles. The van der Waals surface area contributed by atoms with E-state index in [9.17, 15) is 53.4 Å². The highest BCUT2D eigenvalue weighted by Gasteiger charge is 2.42. The summed E-state index contributed by atoms with van der Waals surface area (Å²) in [6, 6.07) is 50.0. The van der Waals surface area contributed by atoms with Gasteiger partial charge in [-0.15, -0.1) is 0 Å². The summed E-state index contributed by atoms with van der Waals surface area (Å²) in [6.07, 6.45) is 10.2. The molecule has 3 aliphatic heterocycles. The summed E-state index contributed by atoms with van der Waals surface area (Å²) in [4.78, 5) is 125. The van der Waals surface area contributed by atoms with Gasteiger partial charge in [-0.3, -0.25) is 43.2 Å². The van der Waals surface area contributed by atoms with Crippen molar-refractivity contribution in [2.75, 3.05) is 33.9 Å². The number of carboxylic acid groups (broad SMARTS) is 1. The van der Waals surface area contributed by atoms with Gasteiger partial charge in [0.05, 0.1) is 32.0 Å². The van der Waals surface area contributed by atoms with E-state index in [-0.39, 0.29) is 72.0 Å². The van der Waals surface area contributed by atoms with Crippen molar-refractivity contribution in [2.24, 2.45) is 17.8 Å². The average molecular weight is 1430 g/mol. The first-order valence-corrected chi connectivity index (χ1v) is 34.8. The number of pyridine rings is 3. The van der Waals surface area contributed by atoms with E-state index in [1.165, 1.54) is 38.5 Å². The molecule has 8 N–H and O–H groups in total. The smallest absolute Gasteiger partial charge is 0.311 e. The minimum Gasteiger partial charge on any atom is -0.508 e. The standard InChI is InChI=1S/C28H29N3O5.C28H29N3O4.C27H27N3O4.CH4/c1-17(29)20-9-11-25(32)22(14-20)15-23(28(35)36-2)24-4-3-13-31(24)27(34)19-7-5-18(6-8-19)21-10-12-26(33)30-16-21;1-18(29)22-6-3-5-19(15-22)16-24(28(34)35-2)25-7-4-14-31(25)27(33)21-10-8-20(9-11-21)23-12-13-26(32)30-17-23;1-17(28)21-5-2-4-18(14-21)15-23(27(33)34)24-6-3-13-30(24)26(32)20-9-7-19(8-10-20)22-11-12-25(31)29-16-22;/h5-12,14,16,23-24,29,32H,3-4,13,15H2,1-2H3,(H,30,33);3,5-6,8-13,15,17,24-25,29H,4,7,14,16H2,1-2H3,(H,30,32);2,4-5,7-12,14,16,23-24,28H,3,6,13,15H2,1H3,(H,29,31)(H,33,34);1H4/t23?,24-;24?,25-;;/m11../s1.